The number of hydrogen-bond acceptors (Lipinski definition) is 2. The molecule has 1 aliphatic carbocycles. The molecule has 1 atom stereocenters. The predicted molar refractivity (Wildman–Crippen MR) is 77.2 cm³/mol. The van der Waals surface area contributed by atoms with Crippen molar-refractivity contribution in [2.24, 2.45) is 5.92 Å². The molecule has 1 aromatic heterocycles. The fraction of sp³-hybridized carbons (Fsp3) is 0.438. The highest BCUT2D eigenvalue weighted by molar-refractivity contribution is 5.30. The van der Waals surface area contributed by atoms with Crippen LogP contribution in [0.25, 0.3) is 5.69 Å². The number of hydrogen-bond donors (Lipinski definition) is 1. The molecule has 1 N–H and O–H groups in total. The van der Waals surface area contributed by atoms with Crippen LogP contribution in [0.3, 0.4) is 0 Å². The second-order valence-electron chi connectivity index (χ2n) is 5.49. The maximum absolute atomic E-state index is 4.42. The van der Waals surface area contributed by atoms with E-state index in [1.54, 1.807) is 0 Å². The van der Waals surface area contributed by atoms with E-state index in [-0.39, 0.29) is 0 Å². The molecule has 0 spiro atoms. The number of aromatic nitrogens is 2. The van der Waals surface area contributed by atoms with E-state index in [1.165, 1.54) is 24.8 Å². The summed E-state index contributed by atoms with van der Waals surface area (Å²) in [7, 11) is 0. The summed E-state index contributed by atoms with van der Waals surface area (Å²) in [5.41, 5.74) is 2.36. The molecule has 3 nitrogen and oxygen atoms in total. The third kappa shape index (κ3) is 2.87. The SMILES string of the molecule is CC(NCc1cnn(-c2ccccc2)c1)C1CCC1. The van der Waals surface area contributed by atoms with E-state index in [0.717, 1.165) is 18.2 Å². The van der Waals surface area contributed by atoms with Crippen LogP contribution in [0, 0.1) is 5.92 Å². The van der Waals surface area contributed by atoms with Gasteiger partial charge in [0, 0.05) is 24.3 Å². The Balaban J connectivity index is 1.59. The van der Waals surface area contributed by atoms with Crippen LogP contribution >= 0.6 is 0 Å². The first-order valence-corrected chi connectivity index (χ1v) is 7.15. The first-order valence-electron chi connectivity index (χ1n) is 7.15. The van der Waals surface area contributed by atoms with Gasteiger partial charge < -0.3 is 5.32 Å². The van der Waals surface area contributed by atoms with Gasteiger partial charge in [-0.05, 0) is 37.8 Å². The van der Waals surface area contributed by atoms with Crippen LogP contribution in [-0.2, 0) is 6.54 Å². The zero-order chi connectivity index (χ0) is 13.1. The van der Waals surface area contributed by atoms with Crippen molar-refractivity contribution in [3.63, 3.8) is 0 Å². The van der Waals surface area contributed by atoms with E-state index in [4.69, 9.17) is 0 Å². The second kappa shape index (κ2) is 5.57. The molecule has 1 heterocycles. The van der Waals surface area contributed by atoms with Crippen molar-refractivity contribution in [3.05, 3.63) is 48.3 Å². The van der Waals surface area contributed by atoms with Crippen LogP contribution in [0.5, 0.6) is 0 Å². The van der Waals surface area contributed by atoms with Gasteiger partial charge in [0.1, 0.15) is 0 Å². The topological polar surface area (TPSA) is 29.9 Å². The zero-order valence-corrected chi connectivity index (χ0v) is 11.4. The highest BCUT2D eigenvalue weighted by atomic mass is 15.3. The van der Waals surface area contributed by atoms with Crippen LogP contribution in [0.15, 0.2) is 42.7 Å². The standard InChI is InChI=1S/C16H21N3/c1-13(15-6-5-7-15)17-10-14-11-18-19(12-14)16-8-3-2-4-9-16/h2-4,8-9,11-13,15,17H,5-7,10H2,1H3. The van der Waals surface area contributed by atoms with E-state index in [1.807, 2.05) is 29.1 Å². The molecule has 1 fully saturated rings. The van der Waals surface area contributed by atoms with Gasteiger partial charge in [-0.15, -0.1) is 0 Å². The number of nitrogens with zero attached hydrogens (tertiary/aromatic N) is 2. The summed E-state index contributed by atoms with van der Waals surface area (Å²) < 4.78 is 1.94. The molecule has 1 unspecified atom stereocenters. The molecule has 1 aromatic carbocycles. The molecule has 1 aliphatic rings. The summed E-state index contributed by atoms with van der Waals surface area (Å²) >= 11 is 0. The fourth-order valence-corrected chi connectivity index (χ4v) is 2.56. The Morgan fingerprint density at radius 3 is 2.79 bits per heavy atom. The summed E-state index contributed by atoms with van der Waals surface area (Å²) in [5, 5.41) is 8.03. The lowest BCUT2D eigenvalue weighted by atomic mass is 9.80. The molecule has 1 saturated carbocycles. The molecule has 19 heavy (non-hydrogen) atoms. The third-order valence-electron chi connectivity index (χ3n) is 4.14. The lowest BCUT2D eigenvalue weighted by Gasteiger charge is -2.31. The molecule has 0 bridgehead atoms. The smallest absolute Gasteiger partial charge is 0.0645 e. The third-order valence-corrected chi connectivity index (χ3v) is 4.14. The minimum Gasteiger partial charge on any atom is -0.310 e. The van der Waals surface area contributed by atoms with E-state index in [9.17, 15) is 0 Å². The lowest BCUT2D eigenvalue weighted by Crippen LogP contribution is -2.36. The average Bonchev–Trinajstić information content (AvgIpc) is 2.84. The lowest BCUT2D eigenvalue weighted by molar-refractivity contribution is 0.240. The number of rotatable bonds is 5. The Labute approximate surface area is 114 Å². The molecule has 0 aliphatic heterocycles. The minimum atomic E-state index is 0.619. The monoisotopic (exact) mass is 255 g/mol. The van der Waals surface area contributed by atoms with Crippen molar-refractivity contribution in [2.75, 3.05) is 0 Å². The van der Waals surface area contributed by atoms with Crippen molar-refractivity contribution in [3.8, 4) is 5.69 Å². The van der Waals surface area contributed by atoms with Gasteiger partial charge in [-0.3, -0.25) is 0 Å². The quantitative estimate of drug-likeness (QED) is 0.889. The van der Waals surface area contributed by atoms with Crippen LogP contribution < -0.4 is 5.32 Å². The van der Waals surface area contributed by atoms with Crippen LogP contribution in [0.1, 0.15) is 31.7 Å². The fourth-order valence-electron chi connectivity index (χ4n) is 2.56. The molecule has 0 amide bonds. The zero-order valence-electron chi connectivity index (χ0n) is 11.4. The van der Waals surface area contributed by atoms with E-state index in [2.05, 4.69) is 35.7 Å². The molecule has 100 valence electrons. The summed E-state index contributed by atoms with van der Waals surface area (Å²) in [6.45, 7) is 3.20. The molecule has 3 heteroatoms. The normalized spacial score (nSPS) is 17.1. The molecular formula is C16H21N3. The Morgan fingerprint density at radius 1 is 1.32 bits per heavy atom. The number of para-hydroxylation sites is 1. The Morgan fingerprint density at radius 2 is 2.11 bits per heavy atom. The molecule has 0 radical (unpaired) electrons. The van der Waals surface area contributed by atoms with Gasteiger partial charge in [0.15, 0.2) is 0 Å². The summed E-state index contributed by atoms with van der Waals surface area (Å²) in [6, 6.07) is 10.9. The van der Waals surface area contributed by atoms with Crippen molar-refractivity contribution in [2.45, 2.75) is 38.8 Å². The van der Waals surface area contributed by atoms with Crippen LogP contribution in [-0.4, -0.2) is 15.8 Å². The first kappa shape index (κ1) is 12.4. The van der Waals surface area contributed by atoms with Crippen LogP contribution in [0.2, 0.25) is 0 Å². The second-order valence-corrected chi connectivity index (χ2v) is 5.49. The Hall–Kier alpha value is -1.61. The van der Waals surface area contributed by atoms with Gasteiger partial charge in [0.05, 0.1) is 11.9 Å². The van der Waals surface area contributed by atoms with Gasteiger partial charge in [-0.1, -0.05) is 24.6 Å². The van der Waals surface area contributed by atoms with E-state index in [0.29, 0.717) is 6.04 Å². The van der Waals surface area contributed by atoms with Gasteiger partial charge in [0.25, 0.3) is 0 Å². The molecule has 3 rings (SSSR count). The minimum absolute atomic E-state index is 0.619. The average molecular weight is 255 g/mol. The van der Waals surface area contributed by atoms with Crippen molar-refractivity contribution in [1.82, 2.24) is 15.1 Å². The largest absolute Gasteiger partial charge is 0.310 e. The number of nitrogens with one attached hydrogen (secondary N) is 1. The first-order chi connectivity index (χ1) is 9.33. The van der Waals surface area contributed by atoms with Crippen LogP contribution in [0.4, 0.5) is 0 Å². The van der Waals surface area contributed by atoms with Crippen molar-refractivity contribution >= 4 is 0 Å². The van der Waals surface area contributed by atoms with Gasteiger partial charge in [0.2, 0.25) is 0 Å². The van der Waals surface area contributed by atoms with Crippen molar-refractivity contribution < 1.29 is 0 Å². The van der Waals surface area contributed by atoms with Gasteiger partial charge >= 0.3 is 0 Å². The predicted octanol–water partition coefficient (Wildman–Crippen LogP) is 3.15. The summed E-state index contributed by atoms with van der Waals surface area (Å²) in [5.74, 6) is 0.879. The van der Waals surface area contributed by atoms with Gasteiger partial charge in [-0.25, -0.2) is 4.68 Å². The molecule has 0 saturated heterocycles. The number of benzene rings is 1. The molecular weight excluding hydrogens is 234 g/mol. The summed E-state index contributed by atoms with van der Waals surface area (Å²) in [6.07, 6.45) is 8.24. The van der Waals surface area contributed by atoms with E-state index >= 15 is 0 Å². The highest BCUT2D eigenvalue weighted by Crippen LogP contribution is 2.29. The Bertz CT molecular complexity index is 514. The molecule has 2 aromatic rings. The Kier molecular flexibility index (Phi) is 3.65. The highest BCUT2D eigenvalue weighted by Gasteiger charge is 2.23. The maximum Gasteiger partial charge on any atom is 0.0645 e. The summed E-state index contributed by atoms with van der Waals surface area (Å²) in [4.78, 5) is 0. The van der Waals surface area contributed by atoms with Gasteiger partial charge in [-0.2, -0.15) is 5.10 Å². The van der Waals surface area contributed by atoms with E-state index < -0.39 is 0 Å². The maximum atomic E-state index is 4.42. The van der Waals surface area contributed by atoms with Crippen molar-refractivity contribution in [1.29, 1.82) is 0 Å².